The lowest BCUT2D eigenvalue weighted by Gasteiger charge is -2.16. The smallest absolute Gasteiger partial charge is 0.253 e. The summed E-state index contributed by atoms with van der Waals surface area (Å²) in [5, 5.41) is 0. The Morgan fingerprint density at radius 2 is 2.00 bits per heavy atom. The summed E-state index contributed by atoms with van der Waals surface area (Å²) in [7, 11) is 1.87. The van der Waals surface area contributed by atoms with Gasteiger partial charge in [0.25, 0.3) is 5.91 Å². The monoisotopic (exact) mass is 219 g/mol. The number of benzene rings is 1. The van der Waals surface area contributed by atoms with E-state index < -0.39 is 0 Å². The fourth-order valence-electron chi connectivity index (χ4n) is 1.69. The van der Waals surface area contributed by atoms with Gasteiger partial charge in [0.1, 0.15) is 5.75 Å². The molecule has 3 nitrogen and oxygen atoms in total. The van der Waals surface area contributed by atoms with E-state index in [1.807, 2.05) is 43.1 Å². The lowest BCUT2D eigenvalue weighted by atomic mass is 10.2. The Morgan fingerprint density at radius 1 is 1.38 bits per heavy atom. The number of nitrogens with zero attached hydrogens (tertiary/aromatic N) is 1. The molecule has 16 heavy (non-hydrogen) atoms. The second kappa shape index (κ2) is 4.56. The fraction of sp³-hybridized carbons (Fsp3) is 0.462. The summed E-state index contributed by atoms with van der Waals surface area (Å²) in [6, 6.07) is 7.80. The van der Waals surface area contributed by atoms with Gasteiger partial charge in [0.15, 0.2) is 0 Å². The van der Waals surface area contributed by atoms with E-state index in [1.165, 1.54) is 0 Å². The SMILES string of the molecule is CCOc1ccc(C(=O)N(C)C2CC2)cc1. The van der Waals surface area contributed by atoms with E-state index in [0.717, 1.165) is 24.2 Å². The maximum atomic E-state index is 12.0. The first-order chi connectivity index (χ1) is 7.72. The average molecular weight is 219 g/mol. The minimum Gasteiger partial charge on any atom is -0.494 e. The van der Waals surface area contributed by atoms with Crippen LogP contribution in [-0.2, 0) is 0 Å². The Kier molecular flexibility index (Phi) is 3.13. The number of ether oxygens (including phenoxy) is 1. The molecule has 1 aliphatic rings. The second-order valence-corrected chi connectivity index (χ2v) is 4.10. The van der Waals surface area contributed by atoms with Crippen LogP contribution in [0.25, 0.3) is 0 Å². The third kappa shape index (κ3) is 2.35. The lowest BCUT2D eigenvalue weighted by molar-refractivity contribution is 0.0785. The van der Waals surface area contributed by atoms with Gasteiger partial charge in [-0.1, -0.05) is 0 Å². The van der Waals surface area contributed by atoms with Gasteiger partial charge < -0.3 is 9.64 Å². The zero-order chi connectivity index (χ0) is 11.5. The van der Waals surface area contributed by atoms with Crippen LogP contribution in [0.2, 0.25) is 0 Å². The molecule has 0 saturated heterocycles. The number of amides is 1. The van der Waals surface area contributed by atoms with Crippen molar-refractivity contribution in [2.75, 3.05) is 13.7 Å². The molecule has 3 heteroatoms. The molecule has 1 aliphatic carbocycles. The van der Waals surface area contributed by atoms with Gasteiger partial charge in [-0.15, -0.1) is 0 Å². The molecule has 0 aliphatic heterocycles. The molecule has 1 fully saturated rings. The molecule has 0 radical (unpaired) electrons. The largest absolute Gasteiger partial charge is 0.494 e. The van der Waals surface area contributed by atoms with Crippen molar-refractivity contribution in [2.45, 2.75) is 25.8 Å². The van der Waals surface area contributed by atoms with Crippen molar-refractivity contribution < 1.29 is 9.53 Å². The molecule has 0 heterocycles. The summed E-state index contributed by atoms with van der Waals surface area (Å²) >= 11 is 0. The molecular formula is C13H17NO2. The van der Waals surface area contributed by atoms with Crippen LogP contribution in [0.1, 0.15) is 30.1 Å². The van der Waals surface area contributed by atoms with E-state index in [4.69, 9.17) is 4.74 Å². The normalized spacial score (nSPS) is 14.6. The third-order valence-electron chi connectivity index (χ3n) is 2.83. The van der Waals surface area contributed by atoms with E-state index in [2.05, 4.69) is 0 Å². The van der Waals surface area contributed by atoms with E-state index in [1.54, 1.807) is 0 Å². The van der Waals surface area contributed by atoms with E-state index in [9.17, 15) is 4.79 Å². The Morgan fingerprint density at radius 3 is 2.50 bits per heavy atom. The van der Waals surface area contributed by atoms with Crippen LogP contribution in [0, 0.1) is 0 Å². The second-order valence-electron chi connectivity index (χ2n) is 4.10. The van der Waals surface area contributed by atoms with Crippen LogP contribution in [0.15, 0.2) is 24.3 Å². The van der Waals surface area contributed by atoms with Gasteiger partial charge in [-0.05, 0) is 44.0 Å². The highest BCUT2D eigenvalue weighted by Gasteiger charge is 2.29. The predicted molar refractivity (Wildman–Crippen MR) is 62.7 cm³/mol. The van der Waals surface area contributed by atoms with Crippen molar-refractivity contribution in [1.82, 2.24) is 4.90 Å². The summed E-state index contributed by atoms with van der Waals surface area (Å²) in [6.07, 6.45) is 2.28. The zero-order valence-corrected chi connectivity index (χ0v) is 9.77. The average Bonchev–Trinajstić information content (AvgIpc) is 3.12. The summed E-state index contributed by atoms with van der Waals surface area (Å²) < 4.78 is 5.34. The molecule has 1 aromatic rings. The number of carbonyl (C=O) groups is 1. The molecule has 0 aromatic heterocycles. The van der Waals surface area contributed by atoms with Gasteiger partial charge in [-0.3, -0.25) is 4.79 Å². The molecule has 1 aromatic carbocycles. The molecular weight excluding hydrogens is 202 g/mol. The van der Waals surface area contributed by atoms with Gasteiger partial charge in [-0.25, -0.2) is 0 Å². The third-order valence-corrected chi connectivity index (χ3v) is 2.83. The highest BCUT2D eigenvalue weighted by atomic mass is 16.5. The first kappa shape index (κ1) is 11.0. The van der Waals surface area contributed by atoms with Crippen molar-refractivity contribution in [3.8, 4) is 5.75 Å². The summed E-state index contributed by atoms with van der Waals surface area (Å²) in [5.74, 6) is 0.915. The minimum atomic E-state index is 0.102. The van der Waals surface area contributed by atoms with E-state index in [0.29, 0.717) is 12.6 Å². The quantitative estimate of drug-likeness (QED) is 0.777. The molecule has 86 valence electrons. The van der Waals surface area contributed by atoms with Crippen molar-refractivity contribution in [1.29, 1.82) is 0 Å². The van der Waals surface area contributed by atoms with Crippen LogP contribution >= 0.6 is 0 Å². The first-order valence-electron chi connectivity index (χ1n) is 5.72. The molecule has 1 amide bonds. The summed E-state index contributed by atoms with van der Waals surface area (Å²) in [5.41, 5.74) is 0.734. The van der Waals surface area contributed by atoms with Crippen LogP contribution < -0.4 is 4.74 Å². The molecule has 0 spiro atoms. The number of carbonyl (C=O) groups excluding carboxylic acids is 1. The van der Waals surface area contributed by atoms with Crippen molar-refractivity contribution in [2.24, 2.45) is 0 Å². The Hall–Kier alpha value is -1.51. The molecule has 2 rings (SSSR count). The Balaban J connectivity index is 2.05. The fourth-order valence-corrected chi connectivity index (χ4v) is 1.69. The highest BCUT2D eigenvalue weighted by Crippen LogP contribution is 2.26. The number of hydrogen-bond donors (Lipinski definition) is 0. The maximum Gasteiger partial charge on any atom is 0.253 e. The molecule has 1 saturated carbocycles. The van der Waals surface area contributed by atoms with Crippen LogP contribution in [0.3, 0.4) is 0 Å². The minimum absolute atomic E-state index is 0.102. The predicted octanol–water partition coefficient (Wildman–Crippen LogP) is 2.32. The Labute approximate surface area is 96.0 Å². The van der Waals surface area contributed by atoms with Gasteiger partial charge in [0.05, 0.1) is 6.61 Å². The first-order valence-corrected chi connectivity index (χ1v) is 5.72. The number of hydrogen-bond acceptors (Lipinski definition) is 2. The Bertz CT molecular complexity index is 368. The molecule has 0 bridgehead atoms. The zero-order valence-electron chi connectivity index (χ0n) is 9.77. The molecule has 0 atom stereocenters. The summed E-state index contributed by atoms with van der Waals surface area (Å²) in [4.78, 5) is 13.8. The highest BCUT2D eigenvalue weighted by molar-refractivity contribution is 5.94. The van der Waals surface area contributed by atoms with Crippen molar-refractivity contribution in [3.05, 3.63) is 29.8 Å². The lowest BCUT2D eigenvalue weighted by Crippen LogP contribution is -2.28. The van der Waals surface area contributed by atoms with Gasteiger partial charge in [0, 0.05) is 18.7 Å². The van der Waals surface area contributed by atoms with Crippen LogP contribution in [-0.4, -0.2) is 30.5 Å². The molecule has 0 N–H and O–H groups in total. The maximum absolute atomic E-state index is 12.0. The van der Waals surface area contributed by atoms with Crippen molar-refractivity contribution in [3.63, 3.8) is 0 Å². The van der Waals surface area contributed by atoms with Crippen molar-refractivity contribution >= 4 is 5.91 Å². The van der Waals surface area contributed by atoms with Gasteiger partial charge >= 0.3 is 0 Å². The summed E-state index contributed by atoms with van der Waals surface area (Å²) in [6.45, 7) is 2.59. The topological polar surface area (TPSA) is 29.5 Å². The van der Waals surface area contributed by atoms with Gasteiger partial charge in [0.2, 0.25) is 0 Å². The van der Waals surface area contributed by atoms with Gasteiger partial charge in [-0.2, -0.15) is 0 Å². The number of rotatable bonds is 4. The van der Waals surface area contributed by atoms with E-state index in [-0.39, 0.29) is 5.91 Å². The van der Waals surface area contributed by atoms with Crippen LogP contribution in [0.5, 0.6) is 5.75 Å². The molecule has 0 unspecified atom stereocenters. The van der Waals surface area contributed by atoms with E-state index >= 15 is 0 Å². The van der Waals surface area contributed by atoms with Crippen LogP contribution in [0.4, 0.5) is 0 Å². The standard InChI is InChI=1S/C13H17NO2/c1-3-16-12-8-4-10(5-9-12)13(15)14(2)11-6-7-11/h4-5,8-9,11H,3,6-7H2,1-2H3.